The highest BCUT2D eigenvalue weighted by molar-refractivity contribution is 9.10. The largest absolute Gasteiger partial charge is 0.326 e. The lowest BCUT2D eigenvalue weighted by Gasteiger charge is -2.18. The summed E-state index contributed by atoms with van der Waals surface area (Å²) < 4.78 is 29.2. The predicted octanol–water partition coefficient (Wildman–Crippen LogP) is 7.11. The van der Waals surface area contributed by atoms with Crippen LogP contribution in [0.5, 0.6) is 0 Å². The molecule has 7 nitrogen and oxygen atoms in total. The van der Waals surface area contributed by atoms with Crippen molar-refractivity contribution in [1.29, 1.82) is 0 Å². The molecule has 2 heterocycles. The number of fused-ring (bicyclic) bond motifs is 1. The summed E-state index contributed by atoms with van der Waals surface area (Å²) in [4.78, 5) is 58.2. The van der Waals surface area contributed by atoms with Gasteiger partial charge in [0.1, 0.15) is 0 Å². The second-order valence-corrected chi connectivity index (χ2v) is 12.3. The standard InChI is InChI=1S/C37H28BrF2N3O4/c1-21-31(38)17-30(37(47)43(21)20-23-7-10-32(39)33(40)14-23)35(45)18-28(24-5-3-2-4-6-24)36(46)42-26-9-8-25-15-34(44)29(27(25)16-26)13-22-11-12-41-19-22/h2-10,12-14,16-17,19,28H,11,15,18,20H2,1H3,(H,42,46)/b29-13-/t28-/m1/s1. The van der Waals surface area contributed by atoms with Crippen LogP contribution in [0.4, 0.5) is 14.5 Å². The number of ketones is 2. The van der Waals surface area contributed by atoms with Crippen molar-refractivity contribution >= 4 is 50.9 Å². The van der Waals surface area contributed by atoms with Gasteiger partial charge in [-0.1, -0.05) is 42.5 Å². The van der Waals surface area contributed by atoms with Crippen molar-refractivity contribution in [2.45, 2.75) is 38.6 Å². The van der Waals surface area contributed by atoms with Gasteiger partial charge < -0.3 is 9.88 Å². The summed E-state index contributed by atoms with van der Waals surface area (Å²) in [5, 5.41) is 2.92. The first-order chi connectivity index (χ1) is 22.6. The number of aromatic nitrogens is 1. The van der Waals surface area contributed by atoms with Gasteiger partial charge in [0.15, 0.2) is 23.2 Å². The number of allylic oxidation sites excluding steroid dienone is 3. The third-order valence-corrected chi connectivity index (χ3v) is 9.15. The number of anilines is 1. The molecule has 0 saturated heterocycles. The van der Waals surface area contributed by atoms with E-state index in [1.54, 1.807) is 61.8 Å². The normalized spacial score (nSPS) is 15.1. The fraction of sp³-hybridized carbons (Fsp3) is 0.162. The number of rotatable bonds is 9. The summed E-state index contributed by atoms with van der Waals surface area (Å²) in [6, 6.07) is 18.9. The van der Waals surface area contributed by atoms with Crippen molar-refractivity contribution in [3.8, 4) is 0 Å². The molecular weight excluding hydrogens is 668 g/mol. The highest BCUT2D eigenvalue weighted by Gasteiger charge is 2.29. The monoisotopic (exact) mass is 695 g/mol. The first-order valence-corrected chi connectivity index (χ1v) is 15.7. The molecule has 3 aromatic carbocycles. The van der Waals surface area contributed by atoms with E-state index in [0.29, 0.717) is 39.0 Å². The average Bonchev–Trinajstić information content (AvgIpc) is 3.69. The van der Waals surface area contributed by atoms with E-state index >= 15 is 0 Å². The number of hydrogen-bond donors (Lipinski definition) is 1. The van der Waals surface area contributed by atoms with E-state index in [1.165, 1.54) is 16.7 Å². The van der Waals surface area contributed by atoms with Crippen molar-refractivity contribution < 1.29 is 23.2 Å². The minimum atomic E-state index is -1.04. The van der Waals surface area contributed by atoms with Gasteiger partial charge in [-0.3, -0.25) is 24.2 Å². The Hall–Kier alpha value is -5.09. The molecule has 0 radical (unpaired) electrons. The van der Waals surface area contributed by atoms with Crippen molar-refractivity contribution in [3.63, 3.8) is 0 Å². The molecule has 1 aromatic heterocycles. The van der Waals surface area contributed by atoms with Gasteiger partial charge in [-0.15, -0.1) is 0 Å². The Morgan fingerprint density at radius 1 is 1.02 bits per heavy atom. The fourth-order valence-electron chi connectivity index (χ4n) is 5.78. The first-order valence-electron chi connectivity index (χ1n) is 14.9. The maximum atomic E-state index is 13.9. The van der Waals surface area contributed by atoms with E-state index < -0.39 is 34.8 Å². The third kappa shape index (κ3) is 6.73. The van der Waals surface area contributed by atoms with Crippen LogP contribution in [0.15, 0.2) is 105 Å². The van der Waals surface area contributed by atoms with Crippen LogP contribution in [0.2, 0.25) is 0 Å². The number of aliphatic imine (C=N–C) groups is 1. The molecule has 4 aromatic rings. The van der Waals surface area contributed by atoms with Gasteiger partial charge in [0.25, 0.3) is 5.56 Å². The van der Waals surface area contributed by atoms with Crippen LogP contribution in [0.1, 0.15) is 57.1 Å². The maximum absolute atomic E-state index is 13.9. The Balaban J connectivity index is 1.28. The summed E-state index contributed by atoms with van der Waals surface area (Å²) >= 11 is 3.42. The number of nitrogens with zero attached hydrogens (tertiary/aromatic N) is 2. The number of halogens is 3. The second kappa shape index (κ2) is 13.3. The van der Waals surface area contributed by atoms with Crippen molar-refractivity contribution in [3.05, 3.63) is 151 Å². The molecule has 1 atom stereocenters. The van der Waals surface area contributed by atoms with Crippen LogP contribution >= 0.6 is 15.9 Å². The van der Waals surface area contributed by atoms with E-state index in [9.17, 15) is 28.0 Å². The number of carbonyl (C=O) groups excluding carboxylic acids is 3. The number of hydrogen-bond acceptors (Lipinski definition) is 5. The molecular formula is C37H28BrF2N3O4. The lowest BCUT2D eigenvalue weighted by atomic mass is 9.90. The number of nitrogens with one attached hydrogen (secondary N) is 1. The Morgan fingerprint density at radius 3 is 2.53 bits per heavy atom. The summed E-state index contributed by atoms with van der Waals surface area (Å²) in [7, 11) is 0. The lowest BCUT2D eigenvalue weighted by molar-refractivity contribution is -0.117. The molecule has 1 amide bonds. The molecule has 10 heteroatoms. The predicted molar refractivity (Wildman–Crippen MR) is 180 cm³/mol. The van der Waals surface area contributed by atoms with Gasteiger partial charge >= 0.3 is 0 Å². The van der Waals surface area contributed by atoms with E-state index in [1.807, 2.05) is 12.1 Å². The SMILES string of the molecule is Cc1c(Br)cc(C(=O)C[C@@H](C(=O)Nc2ccc3c(c2)/C(=C/C2=CN=CC2)C(=O)C3)c2ccccc2)c(=O)n1Cc1ccc(F)c(F)c1. The second-order valence-electron chi connectivity index (χ2n) is 11.5. The molecule has 0 unspecified atom stereocenters. The van der Waals surface area contributed by atoms with Crippen LogP contribution in [0, 0.1) is 18.6 Å². The first kappa shape index (κ1) is 31.9. The number of carbonyl (C=O) groups is 3. The van der Waals surface area contributed by atoms with Crippen LogP contribution in [-0.4, -0.2) is 28.3 Å². The van der Waals surface area contributed by atoms with E-state index in [4.69, 9.17) is 0 Å². The smallest absolute Gasteiger partial charge is 0.262 e. The molecule has 0 bridgehead atoms. The molecule has 1 aliphatic carbocycles. The maximum Gasteiger partial charge on any atom is 0.262 e. The van der Waals surface area contributed by atoms with Gasteiger partial charge in [-0.25, -0.2) is 8.78 Å². The minimum absolute atomic E-state index is 0.0106. The van der Waals surface area contributed by atoms with Gasteiger partial charge in [-0.2, -0.15) is 0 Å². The van der Waals surface area contributed by atoms with Gasteiger partial charge in [0.2, 0.25) is 5.91 Å². The van der Waals surface area contributed by atoms with Crippen LogP contribution in [-0.2, 0) is 22.6 Å². The quantitative estimate of drug-likeness (QED) is 0.149. The van der Waals surface area contributed by atoms with Crippen LogP contribution < -0.4 is 10.9 Å². The molecule has 47 heavy (non-hydrogen) atoms. The van der Waals surface area contributed by atoms with Crippen molar-refractivity contribution in [2.75, 3.05) is 5.32 Å². The van der Waals surface area contributed by atoms with Crippen molar-refractivity contribution in [2.24, 2.45) is 4.99 Å². The zero-order valence-electron chi connectivity index (χ0n) is 25.2. The van der Waals surface area contributed by atoms with Crippen molar-refractivity contribution in [1.82, 2.24) is 4.57 Å². The summed E-state index contributed by atoms with van der Waals surface area (Å²) in [6.45, 7) is 1.58. The lowest BCUT2D eigenvalue weighted by Crippen LogP contribution is -2.31. The number of Topliss-reactive ketones (excluding diaryl/α,β-unsaturated/α-hetero) is 2. The Kier molecular flexibility index (Phi) is 9.04. The van der Waals surface area contributed by atoms with E-state index in [0.717, 1.165) is 28.8 Å². The number of amides is 1. The topological polar surface area (TPSA) is 97.6 Å². The van der Waals surface area contributed by atoms with Gasteiger partial charge in [0.05, 0.1) is 18.0 Å². The number of pyridine rings is 1. The zero-order valence-corrected chi connectivity index (χ0v) is 26.8. The molecule has 0 fully saturated rings. The third-order valence-electron chi connectivity index (χ3n) is 8.35. The highest BCUT2D eigenvalue weighted by Crippen LogP contribution is 2.34. The number of benzene rings is 3. The molecule has 0 saturated carbocycles. The average molecular weight is 697 g/mol. The summed E-state index contributed by atoms with van der Waals surface area (Å²) in [5.41, 5.74) is 4.20. The zero-order chi connectivity index (χ0) is 33.2. The fourth-order valence-corrected chi connectivity index (χ4v) is 6.22. The Bertz CT molecular complexity index is 2100. The molecule has 236 valence electrons. The van der Waals surface area contributed by atoms with E-state index in [-0.39, 0.29) is 30.7 Å². The summed E-state index contributed by atoms with van der Waals surface area (Å²) in [5.74, 6) is -4.03. The summed E-state index contributed by atoms with van der Waals surface area (Å²) in [6.07, 6.45) is 5.92. The Labute approximate surface area is 277 Å². The van der Waals surface area contributed by atoms with Gasteiger partial charge in [0, 0.05) is 53.1 Å². The molecule has 1 aliphatic heterocycles. The Morgan fingerprint density at radius 2 is 1.81 bits per heavy atom. The molecule has 6 rings (SSSR count). The van der Waals surface area contributed by atoms with E-state index in [2.05, 4.69) is 26.2 Å². The van der Waals surface area contributed by atoms with Gasteiger partial charge in [-0.05, 0) is 87.1 Å². The molecule has 0 spiro atoms. The minimum Gasteiger partial charge on any atom is -0.326 e. The molecule has 1 N–H and O–H groups in total. The van der Waals surface area contributed by atoms with Crippen LogP contribution in [0.3, 0.4) is 0 Å². The highest BCUT2D eigenvalue weighted by atomic mass is 79.9. The van der Waals surface area contributed by atoms with Crippen LogP contribution in [0.25, 0.3) is 5.57 Å². The molecule has 2 aliphatic rings.